The van der Waals surface area contributed by atoms with Crippen molar-refractivity contribution < 1.29 is 0 Å². The van der Waals surface area contributed by atoms with E-state index >= 15 is 0 Å². The van der Waals surface area contributed by atoms with Crippen LogP contribution in [0.5, 0.6) is 0 Å². The van der Waals surface area contributed by atoms with Gasteiger partial charge in [0.15, 0.2) is 0 Å². The topological polar surface area (TPSA) is 0 Å². The van der Waals surface area contributed by atoms with Crippen molar-refractivity contribution in [2.75, 3.05) is 5.75 Å². The van der Waals surface area contributed by atoms with Gasteiger partial charge >= 0.3 is 0 Å². The maximum Gasteiger partial charge on any atom is 0.0150 e. The molecule has 0 atom stereocenters. The summed E-state index contributed by atoms with van der Waals surface area (Å²) in [6.07, 6.45) is 0. The molecule has 2 rings (SSSR count). The monoisotopic (exact) mass is 188 g/mol. The van der Waals surface area contributed by atoms with Gasteiger partial charge in [0.2, 0.25) is 0 Å². The smallest absolute Gasteiger partial charge is 0.0150 e. The predicted octanol–water partition coefficient (Wildman–Crippen LogP) is 3.95. The van der Waals surface area contributed by atoms with Crippen LogP contribution in [0.2, 0.25) is 0 Å². The van der Waals surface area contributed by atoms with Gasteiger partial charge in [0, 0.05) is 4.90 Å². The van der Waals surface area contributed by atoms with Crippen molar-refractivity contribution in [3.05, 3.63) is 42.5 Å². The Morgan fingerprint density at radius 3 is 2.62 bits per heavy atom. The maximum absolute atomic E-state index is 2.19. The van der Waals surface area contributed by atoms with Gasteiger partial charge in [-0.3, -0.25) is 0 Å². The van der Waals surface area contributed by atoms with Crippen LogP contribution in [0.3, 0.4) is 0 Å². The van der Waals surface area contributed by atoms with Gasteiger partial charge in [-0.2, -0.15) is 0 Å². The van der Waals surface area contributed by atoms with Gasteiger partial charge in [-0.25, -0.2) is 0 Å². The van der Waals surface area contributed by atoms with E-state index in [1.54, 1.807) is 0 Å². The second-order valence-electron chi connectivity index (χ2n) is 2.91. The van der Waals surface area contributed by atoms with Crippen molar-refractivity contribution in [2.45, 2.75) is 11.8 Å². The Morgan fingerprint density at radius 1 is 1.00 bits per heavy atom. The maximum atomic E-state index is 2.19. The molecule has 66 valence electrons. The Hall–Kier alpha value is -0.950. The molecule has 0 saturated carbocycles. The summed E-state index contributed by atoms with van der Waals surface area (Å²) in [6, 6.07) is 15.0. The highest BCUT2D eigenvalue weighted by Gasteiger charge is 1.97. The van der Waals surface area contributed by atoms with Crippen molar-refractivity contribution in [3.63, 3.8) is 0 Å². The molecule has 0 fully saturated rings. The third-order valence-corrected chi connectivity index (χ3v) is 3.01. The van der Waals surface area contributed by atoms with Crippen molar-refractivity contribution in [3.8, 4) is 0 Å². The largest absolute Gasteiger partial charge is 0.126 e. The molecule has 1 heteroatoms. The molecule has 0 heterocycles. The molecular formula is C12H12S. The Balaban J connectivity index is 2.61. The Kier molecular flexibility index (Phi) is 2.55. The van der Waals surface area contributed by atoms with Crippen LogP contribution >= 0.6 is 11.8 Å². The van der Waals surface area contributed by atoms with Crippen molar-refractivity contribution >= 4 is 22.5 Å². The van der Waals surface area contributed by atoms with Gasteiger partial charge in [-0.15, -0.1) is 11.8 Å². The van der Waals surface area contributed by atoms with E-state index in [0.717, 1.165) is 5.75 Å². The number of hydrogen-bond acceptors (Lipinski definition) is 1. The van der Waals surface area contributed by atoms with E-state index in [4.69, 9.17) is 0 Å². The van der Waals surface area contributed by atoms with Gasteiger partial charge in [0.1, 0.15) is 0 Å². The molecule has 0 N–H and O–H groups in total. The lowest BCUT2D eigenvalue weighted by molar-refractivity contribution is 1.48. The molecule has 13 heavy (non-hydrogen) atoms. The molecule has 0 amide bonds. The van der Waals surface area contributed by atoms with Crippen LogP contribution in [0.25, 0.3) is 10.8 Å². The van der Waals surface area contributed by atoms with Crippen LogP contribution in [0.1, 0.15) is 6.92 Å². The van der Waals surface area contributed by atoms with Gasteiger partial charge in [0.05, 0.1) is 0 Å². The van der Waals surface area contributed by atoms with E-state index in [2.05, 4.69) is 49.4 Å². The summed E-state index contributed by atoms with van der Waals surface area (Å²) in [7, 11) is 0. The van der Waals surface area contributed by atoms with Crippen LogP contribution in [0.4, 0.5) is 0 Å². The van der Waals surface area contributed by atoms with E-state index in [9.17, 15) is 0 Å². The lowest BCUT2D eigenvalue weighted by atomic mass is 10.1. The zero-order chi connectivity index (χ0) is 9.10. The Labute approximate surface area is 83.0 Å². The third-order valence-electron chi connectivity index (χ3n) is 2.05. The van der Waals surface area contributed by atoms with E-state index in [1.165, 1.54) is 15.7 Å². The standard InChI is InChI=1S/C12H12S/c1-2-13-12-9-5-7-10-6-3-4-8-11(10)12/h3-9H,2H2,1H3. The lowest BCUT2D eigenvalue weighted by Gasteiger charge is -2.03. The zero-order valence-corrected chi connectivity index (χ0v) is 8.47. The predicted molar refractivity (Wildman–Crippen MR) is 60.3 cm³/mol. The first-order valence-electron chi connectivity index (χ1n) is 4.52. The first-order chi connectivity index (χ1) is 6.42. The summed E-state index contributed by atoms with van der Waals surface area (Å²) in [5.41, 5.74) is 0. The Morgan fingerprint density at radius 2 is 1.77 bits per heavy atom. The van der Waals surface area contributed by atoms with Crippen LogP contribution in [0, 0.1) is 0 Å². The summed E-state index contributed by atoms with van der Waals surface area (Å²) in [6.45, 7) is 2.19. The van der Waals surface area contributed by atoms with Gasteiger partial charge in [0.25, 0.3) is 0 Å². The molecule has 0 unspecified atom stereocenters. The summed E-state index contributed by atoms with van der Waals surface area (Å²) >= 11 is 1.90. The molecule has 0 bridgehead atoms. The number of fused-ring (bicyclic) bond motifs is 1. The molecule has 0 aliphatic heterocycles. The summed E-state index contributed by atoms with van der Waals surface area (Å²) in [5.74, 6) is 1.13. The van der Waals surface area contributed by atoms with E-state index in [1.807, 2.05) is 11.8 Å². The second-order valence-corrected chi connectivity index (χ2v) is 4.22. The molecule has 2 aromatic carbocycles. The minimum Gasteiger partial charge on any atom is -0.126 e. The van der Waals surface area contributed by atoms with Crippen LogP contribution < -0.4 is 0 Å². The molecule has 0 saturated heterocycles. The molecule has 0 aliphatic carbocycles. The highest BCUT2D eigenvalue weighted by atomic mass is 32.2. The summed E-state index contributed by atoms with van der Waals surface area (Å²) < 4.78 is 0. The minimum absolute atomic E-state index is 1.13. The van der Waals surface area contributed by atoms with Gasteiger partial charge in [-0.1, -0.05) is 43.3 Å². The normalized spacial score (nSPS) is 10.5. The molecule has 2 aromatic rings. The van der Waals surface area contributed by atoms with Crippen LogP contribution in [0.15, 0.2) is 47.4 Å². The van der Waals surface area contributed by atoms with Crippen LogP contribution in [-0.4, -0.2) is 5.75 Å². The second kappa shape index (κ2) is 3.84. The van der Waals surface area contributed by atoms with E-state index < -0.39 is 0 Å². The minimum atomic E-state index is 1.13. The summed E-state index contributed by atoms with van der Waals surface area (Å²) in [5, 5.41) is 2.71. The van der Waals surface area contributed by atoms with Gasteiger partial charge in [-0.05, 0) is 22.6 Å². The Bertz CT molecular complexity index is 401. The SMILES string of the molecule is CCSc1cccc2ccccc12. The quantitative estimate of drug-likeness (QED) is 0.643. The highest BCUT2D eigenvalue weighted by molar-refractivity contribution is 7.99. The lowest BCUT2D eigenvalue weighted by Crippen LogP contribution is -1.77. The molecular weight excluding hydrogens is 176 g/mol. The van der Waals surface area contributed by atoms with Gasteiger partial charge < -0.3 is 0 Å². The number of rotatable bonds is 2. The number of hydrogen-bond donors (Lipinski definition) is 0. The zero-order valence-electron chi connectivity index (χ0n) is 7.66. The molecule has 0 aliphatic rings. The number of benzene rings is 2. The third kappa shape index (κ3) is 1.70. The fourth-order valence-corrected chi connectivity index (χ4v) is 2.30. The highest BCUT2D eigenvalue weighted by Crippen LogP contribution is 2.27. The fraction of sp³-hybridized carbons (Fsp3) is 0.167. The van der Waals surface area contributed by atoms with Crippen molar-refractivity contribution in [2.24, 2.45) is 0 Å². The first-order valence-corrected chi connectivity index (χ1v) is 5.51. The molecule has 0 aromatic heterocycles. The fourth-order valence-electron chi connectivity index (χ4n) is 1.48. The average Bonchev–Trinajstić information content (AvgIpc) is 2.19. The average molecular weight is 188 g/mol. The van der Waals surface area contributed by atoms with Crippen molar-refractivity contribution in [1.29, 1.82) is 0 Å². The molecule has 0 spiro atoms. The number of thioether (sulfide) groups is 1. The van der Waals surface area contributed by atoms with Crippen LogP contribution in [-0.2, 0) is 0 Å². The molecule has 0 nitrogen and oxygen atoms in total. The van der Waals surface area contributed by atoms with E-state index in [0.29, 0.717) is 0 Å². The summed E-state index contributed by atoms with van der Waals surface area (Å²) in [4.78, 5) is 1.39. The van der Waals surface area contributed by atoms with Crippen molar-refractivity contribution in [1.82, 2.24) is 0 Å². The molecule has 0 radical (unpaired) electrons. The van der Waals surface area contributed by atoms with E-state index in [-0.39, 0.29) is 0 Å². The first kappa shape index (κ1) is 8.64.